The van der Waals surface area contributed by atoms with Crippen LogP contribution in [0.25, 0.3) is 0 Å². The molecule has 5 heteroatoms. The van der Waals surface area contributed by atoms with Crippen molar-refractivity contribution in [1.29, 1.82) is 0 Å². The Morgan fingerprint density at radius 3 is 2.45 bits per heavy atom. The number of benzene rings is 1. The molecule has 110 valence electrons. The minimum Gasteiger partial charge on any atom is -0.395 e. The molecule has 0 saturated heterocycles. The number of carbonyl (C=O) groups excluding carboxylic acids is 2. The highest BCUT2D eigenvalue weighted by Gasteiger charge is 2.16. The van der Waals surface area contributed by atoms with E-state index in [-0.39, 0.29) is 30.9 Å². The van der Waals surface area contributed by atoms with E-state index in [0.29, 0.717) is 18.7 Å². The van der Waals surface area contributed by atoms with E-state index in [1.165, 1.54) is 0 Å². The Morgan fingerprint density at radius 2 is 1.90 bits per heavy atom. The minimum absolute atomic E-state index is 0.0412. The van der Waals surface area contributed by atoms with E-state index in [9.17, 15) is 9.59 Å². The number of hydrogen-bond donors (Lipinski definition) is 2. The van der Waals surface area contributed by atoms with Gasteiger partial charge in [-0.1, -0.05) is 18.2 Å². The highest BCUT2D eigenvalue weighted by atomic mass is 16.3. The summed E-state index contributed by atoms with van der Waals surface area (Å²) in [7, 11) is 0. The summed E-state index contributed by atoms with van der Waals surface area (Å²) in [5.41, 5.74) is 0.580. The Hall–Kier alpha value is -1.88. The molecule has 5 nitrogen and oxygen atoms in total. The first-order valence-corrected chi connectivity index (χ1v) is 6.80. The maximum Gasteiger partial charge on any atom is 0.251 e. The van der Waals surface area contributed by atoms with E-state index in [1.807, 2.05) is 19.9 Å². The first-order chi connectivity index (χ1) is 9.56. The third kappa shape index (κ3) is 5.01. The molecule has 0 bridgehead atoms. The second kappa shape index (κ2) is 8.32. The fraction of sp³-hybridized carbons (Fsp3) is 0.467. The zero-order valence-electron chi connectivity index (χ0n) is 12.0. The number of hydrogen-bond acceptors (Lipinski definition) is 3. The Labute approximate surface area is 119 Å². The van der Waals surface area contributed by atoms with Gasteiger partial charge in [0.15, 0.2) is 0 Å². The fourth-order valence-electron chi connectivity index (χ4n) is 1.90. The van der Waals surface area contributed by atoms with Crippen molar-refractivity contribution in [2.24, 2.45) is 0 Å². The Balaban J connectivity index is 2.40. The molecule has 0 atom stereocenters. The average molecular weight is 278 g/mol. The van der Waals surface area contributed by atoms with Crippen LogP contribution in [0.4, 0.5) is 0 Å². The van der Waals surface area contributed by atoms with Crippen molar-refractivity contribution in [2.75, 3.05) is 19.7 Å². The molecule has 0 unspecified atom stereocenters. The van der Waals surface area contributed by atoms with Gasteiger partial charge in [0.1, 0.15) is 0 Å². The second-order valence-electron chi connectivity index (χ2n) is 4.78. The van der Waals surface area contributed by atoms with Gasteiger partial charge in [-0.25, -0.2) is 0 Å². The zero-order chi connectivity index (χ0) is 15.0. The van der Waals surface area contributed by atoms with Crippen molar-refractivity contribution in [1.82, 2.24) is 10.2 Å². The van der Waals surface area contributed by atoms with Crippen LogP contribution in [0, 0.1) is 0 Å². The van der Waals surface area contributed by atoms with Crippen LogP contribution in [0.15, 0.2) is 30.3 Å². The maximum absolute atomic E-state index is 12.0. The molecule has 0 radical (unpaired) electrons. The van der Waals surface area contributed by atoms with Crippen molar-refractivity contribution in [2.45, 2.75) is 26.3 Å². The Kier molecular flexibility index (Phi) is 6.73. The molecule has 0 aliphatic heterocycles. The molecule has 0 heterocycles. The van der Waals surface area contributed by atoms with Gasteiger partial charge < -0.3 is 15.3 Å². The number of rotatable bonds is 7. The molecule has 0 aliphatic carbocycles. The van der Waals surface area contributed by atoms with E-state index in [4.69, 9.17) is 5.11 Å². The molecular formula is C15H22N2O3. The fourth-order valence-corrected chi connectivity index (χ4v) is 1.90. The summed E-state index contributed by atoms with van der Waals surface area (Å²) in [6, 6.07) is 8.92. The van der Waals surface area contributed by atoms with Crippen LogP contribution in [-0.2, 0) is 4.79 Å². The molecule has 0 spiro atoms. The number of nitrogens with zero attached hydrogens (tertiary/aromatic N) is 1. The van der Waals surface area contributed by atoms with Gasteiger partial charge in [-0.05, 0) is 26.0 Å². The largest absolute Gasteiger partial charge is 0.395 e. The number of carbonyl (C=O) groups is 2. The normalized spacial score (nSPS) is 10.4. The van der Waals surface area contributed by atoms with E-state index < -0.39 is 0 Å². The predicted molar refractivity (Wildman–Crippen MR) is 77.3 cm³/mol. The maximum atomic E-state index is 12.0. The van der Waals surface area contributed by atoms with E-state index >= 15 is 0 Å². The van der Waals surface area contributed by atoms with E-state index in [0.717, 1.165) is 0 Å². The molecule has 1 rings (SSSR count). The van der Waals surface area contributed by atoms with Crippen LogP contribution in [0.1, 0.15) is 30.6 Å². The standard InChI is InChI=1S/C15H22N2O3/c1-12(2)17(10-11-18)14(19)8-9-16-15(20)13-6-4-3-5-7-13/h3-7,12,18H,8-11H2,1-2H3,(H,16,20). The molecular weight excluding hydrogens is 256 g/mol. The topological polar surface area (TPSA) is 69.6 Å². The number of nitrogens with one attached hydrogen (secondary N) is 1. The van der Waals surface area contributed by atoms with Crippen LogP contribution in [0.2, 0.25) is 0 Å². The van der Waals surface area contributed by atoms with E-state index in [1.54, 1.807) is 29.2 Å². The smallest absolute Gasteiger partial charge is 0.251 e. The molecule has 2 N–H and O–H groups in total. The third-order valence-electron chi connectivity index (χ3n) is 2.94. The lowest BCUT2D eigenvalue weighted by atomic mass is 10.2. The van der Waals surface area contributed by atoms with Crippen molar-refractivity contribution in [3.8, 4) is 0 Å². The predicted octanol–water partition coefficient (Wildman–Crippen LogP) is 1.04. The molecule has 0 saturated carbocycles. The van der Waals surface area contributed by atoms with Crippen molar-refractivity contribution >= 4 is 11.8 Å². The Morgan fingerprint density at radius 1 is 1.25 bits per heavy atom. The van der Waals surface area contributed by atoms with Gasteiger partial charge in [0.25, 0.3) is 5.91 Å². The number of aliphatic hydroxyl groups excluding tert-OH is 1. The van der Waals surface area contributed by atoms with Gasteiger partial charge in [-0.2, -0.15) is 0 Å². The molecule has 0 aromatic heterocycles. The van der Waals surface area contributed by atoms with Gasteiger partial charge in [-0.15, -0.1) is 0 Å². The molecule has 0 aliphatic rings. The lowest BCUT2D eigenvalue weighted by Gasteiger charge is -2.26. The highest BCUT2D eigenvalue weighted by molar-refractivity contribution is 5.94. The summed E-state index contributed by atoms with van der Waals surface area (Å²) in [4.78, 5) is 25.3. The Bertz CT molecular complexity index is 432. The van der Waals surface area contributed by atoms with Crippen LogP contribution in [-0.4, -0.2) is 47.6 Å². The first kappa shape index (κ1) is 16.2. The lowest BCUT2D eigenvalue weighted by Crippen LogP contribution is -2.40. The summed E-state index contributed by atoms with van der Waals surface area (Å²) in [6.07, 6.45) is 0.233. The monoisotopic (exact) mass is 278 g/mol. The number of aliphatic hydroxyl groups is 1. The lowest BCUT2D eigenvalue weighted by molar-refractivity contribution is -0.133. The first-order valence-electron chi connectivity index (χ1n) is 6.80. The molecule has 1 aromatic carbocycles. The van der Waals surface area contributed by atoms with Crippen molar-refractivity contribution < 1.29 is 14.7 Å². The van der Waals surface area contributed by atoms with Gasteiger partial charge in [0.05, 0.1) is 6.61 Å². The molecule has 1 aromatic rings. The summed E-state index contributed by atoms with van der Waals surface area (Å²) in [5, 5.41) is 11.6. The van der Waals surface area contributed by atoms with Crippen LogP contribution in [0.5, 0.6) is 0 Å². The summed E-state index contributed by atoms with van der Waals surface area (Å²) in [5.74, 6) is -0.251. The van der Waals surface area contributed by atoms with Crippen molar-refractivity contribution in [3.63, 3.8) is 0 Å². The highest BCUT2D eigenvalue weighted by Crippen LogP contribution is 2.02. The van der Waals surface area contributed by atoms with Gasteiger partial charge in [0.2, 0.25) is 5.91 Å². The SMILES string of the molecule is CC(C)N(CCO)C(=O)CCNC(=O)c1ccccc1. The minimum atomic E-state index is -0.184. The molecule has 2 amide bonds. The average Bonchev–Trinajstić information content (AvgIpc) is 2.45. The van der Waals surface area contributed by atoms with Crippen molar-refractivity contribution in [3.05, 3.63) is 35.9 Å². The van der Waals surface area contributed by atoms with E-state index in [2.05, 4.69) is 5.32 Å². The van der Waals surface area contributed by atoms with Crippen LogP contribution < -0.4 is 5.32 Å². The summed E-state index contributed by atoms with van der Waals surface area (Å²) in [6.45, 7) is 4.36. The summed E-state index contributed by atoms with van der Waals surface area (Å²) < 4.78 is 0. The third-order valence-corrected chi connectivity index (χ3v) is 2.94. The quantitative estimate of drug-likeness (QED) is 0.783. The molecule has 0 fully saturated rings. The van der Waals surface area contributed by atoms with Gasteiger partial charge >= 0.3 is 0 Å². The molecule has 20 heavy (non-hydrogen) atoms. The van der Waals surface area contributed by atoms with Crippen LogP contribution in [0.3, 0.4) is 0 Å². The second-order valence-corrected chi connectivity index (χ2v) is 4.78. The van der Waals surface area contributed by atoms with Crippen LogP contribution >= 0.6 is 0 Å². The number of amides is 2. The zero-order valence-corrected chi connectivity index (χ0v) is 12.0. The summed E-state index contributed by atoms with van der Waals surface area (Å²) >= 11 is 0. The van der Waals surface area contributed by atoms with Gasteiger partial charge in [0, 0.05) is 31.1 Å². The van der Waals surface area contributed by atoms with Gasteiger partial charge in [-0.3, -0.25) is 9.59 Å².